The quantitative estimate of drug-likeness (QED) is 0.262. The van der Waals surface area contributed by atoms with Gasteiger partial charge in [-0.15, -0.1) is 0 Å². The summed E-state index contributed by atoms with van der Waals surface area (Å²) in [6.07, 6.45) is 1.56. The number of carbonyl (C=O) groups is 3. The number of Topliss-reactive ketones (excluding diaryl/α,β-unsaturated/α-hetero) is 2. The second-order valence-electron chi connectivity index (χ2n) is 7.50. The van der Waals surface area contributed by atoms with Gasteiger partial charge in [0.15, 0.2) is 29.7 Å². The fourth-order valence-electron chi connectivity index (χ4n) is 3.51. The molecule has 0 unspecified atom stereocenters. The minimum atomic E-state index is -0.303. The molecule has 0 aliphatic heterocycles. The average molecular weight is 553 g/mol. The first kappa shape index (κ1) is 22.7. The summed E-state index contributed by atoms with van der Waals surface area (Å²) in [6.45, 7) is 1.77. The van der Waals surface area contributed by atoms with Crippen LogP contribution in [0, 0.1) is 10.5 Å². The number of halogens is 1. The standard InChI is InChI=1S/C26H20INO5/c1-15-7-9-17(10-8-15)28-23(29)14-33-26-21(27)12-16(13-22(26)32-2)11-20-24(30)18-5-3-4-6-19(18)25(20)31/h3-13H,14H2,1-2H3,(H,28,29). The van der Waals surface area contributed by atoms with Gasteiger partial charge in [-0.1, -0.05) is 42.0 Å². The van der Waals surface area contributed by atoms with E-state index in [0.29, 0.717) is 37.4 Å². The highest BCUT2D eigenvalue weighted by Crippen LogP contribution is 2.36. The third-order valence-electron chi connectivity index (χ3n) is 5.15. The van der Waals surface area contributed by atoms with Gasteiger partial charge in [0.05, 0.1) is 16.3 Å². The molecule has 1 amide bonds. The van der Waals surface area contributed by atoms with Crippen molar-refractivity contribution in [2.45, 2.75) is 6.92 Å². The lowest BCUT2D eigenvalue weighted by molar-refractivity contribution is -0.118. The first-order chi connectivity index (χ1) is 15.9. The number of hydrogen-bond acceptors (Lipinski definition) is 5. The van der Waals surface area contributed by atoms with Crippen molar-refractivity contribution >= 4 is 51.8 Å². The molecule has 0 bridgehead atoms. The molecule has 0 spiro atoms. The van der Waals surface area contributed by atoms with Crippen LogP contribution in [-0.2, 0) is 4.79 Å². The Labute approximate surface area is 204 Å². The van der Waals surface area contributed by atoms with Gasteiger partial charge in [-0.3, -0.25) is 14.4 Å². The molecule has 0 saturated heterocycles. The summed E-state index contributed by atoms with van der Waals surface area (Å²) in [5.41, 5.74) is 3.34. The van der Waals surface area contributed by atoms with Gasteiger partial charge in [0, 0.05) is 16.8 Å². The number of amides is 1. The Morgan fingerprint density at radius 2 is 1.64 bits per heavy atom. The Morgan fingerprint density at radius 3 is 2.24 bits per heavy atom. The Hall–Kier alpha value is -3.46. The maximum atomic E-state index is 12.7. The molecule has 1 aliphatic carbocycles. The van der Waals surface area contributed by atoms with Crippen LogP contribution in [0.3, 0.4) is 0 Å². The van der Waals surface area contributed by atoms with Crippen LogP contribution in [0.5, 0.6) is 11.5 Å². The van der Waals surface area contributed by atoms with E-state index in [1.807, 2.05) is 31.2 Å². The van der Waals surface area contributed by atoms with Crippen molar-refractivity contribution in [1.82, 2.24) is 0 Å². The Kier molecular flexibility index (Phi) is 6.60. The summed E-state index contributed by atoms with van der Waals surface area (Å²) in [5, 5.41) is 2.78. The number of benzene rings is 3. The largest absolute Gasteiger partial charge is 0.493 e. The van der Waals surface area contributed by atoms with Gasteiger partial charge in [0.25, 0.3) is 5.91 Å². The minimum Gasteiger partial charge on any atom is -0.493 e. The van der Waals surface area contributed by atoms with Crippen molar-refractivity contribution in [3.8, 4) is 11.5 Å². The first-order valence-corrected chi connectivity index (χ1v) is 11.2. The fraction of sp³-hybridized carbons (Fsp3) is 0.115. The molecule has 0 radical (unpaired) electrons. The second-order valence-corrected chi connectivity index (χ2v) is 8.66. The Morgan fingerprint density at radius 1 is 1.00 bits per heavy atom. The molecule has 0 atom stereocenters. The zero-order valence-corrected chi connectivity index (χ0v) is 20.1. The molecule has 0 aromatic heterocycles. The van der Waals surface area contributed by atoms with Crippen LogP contribution in [0.4, 0.5) is 5.69 Å². The predicted molar refractivity (Wildman–Crippen MR) is 134 cm³/mol. The lowest BCUT2D eigenvalue weighted by atomic mass is 10.1. The van der Waals surface area contributed by atoms with Crippen molar-refractivity contribution in [1.29, 1.82) is 0 Å². The lowest BCUT2D eigenvalue weighted by Crippen LogP contribution is -2.20. The molecular formula is C26H20INO5. The van der Waals surface area contributed by atoms with Crippen molar-refractivity contribution < 1.29 is 23.9 Å². The molecule has 6 nitrogen and oxygen atoms in total. The monoisotopic (exact) mass is 553 g/mol. The number of aryl methyl sites for hydroxylation is 1. The summed E-state index contributed by atoms with van der Waals surface area (Å²) in [7, 11) is 1.49. The molecule has 3 aromatic carbocycles. The lowest BCUT2D eigenvalue weighted by Gasteiger charge is -2.14. The van der Waals surface area contributed by atoms with E-state index in [1.54, 1.807) is 42.5 Å². The Bertz CT molecular complexity index is 1260. The number of ether oxygens (including phenoxy) is 2. The number of fused-ring (bicyclic) bond motifs is 1. The summed E-state index contributed by atoms with van der Waals surface area (Å²) in [6, 6.07) is 17.7. The van der Waals surface area contributed by atoms with Crippen molar-refractivity contribution in [3.63, 3.8) is 0 Å². The number of ketones is 2. The van der Waals surface area contributed by atoms with E-state index in [-0.39, 0.29) is 29.7 Å². The highest BCUT2D eigenvalue weighted by molar-refractivity contribution is 14.1. The predicted octanol–water partition coefficient (Wildman–Crippen LogP) is 5.09. The molecule has 4 rings (SSSR count). The molecule has 1 aliphatic rings. The fourth-order valence-corrected chi connectivity index (χ4v) is 4.29. The summed E-state index contributed by atoms with van der Waals surface area (Å²) < 4.78 is 11.9. The third-order valence-corrected chi connectivity index (χ3v) is 5.95. The maximum Gasteiger partial charge on any atom is 0.262 e. The van der Waals surface area contributed by atoms with E-state index in [2.05, 4.69) is 27.9 Å². The molecule has 7 heteroatoms. The van der Waals surface area contributed by atoms with E-state index in [1.165, 1.54) is 7.11 Å². The van der Waals surface area contributed by atoms with E-state index >= 15 is 0 Å². The zero-order chi connectivity index (χ0) is 23.5. The van der Waals surface area contributed by atoms with Crippen LogP contribution in [0.1, 0.15) is 31.8 Å². The number of hydrogen-bond donors (Lipinski definition) is 1. The first-order valence-electron chi connectivity index (χ1n) is 10.1. The summed E-state index contributed by atoms with van der Waals surface area (Å²) >= 11 is 2.07. The summed E-state index contributed by atoms with van der Waals surface area (Å²) in [5.74, 6) is -0.0860. The van der Waals surface area contributed by atoms with Crippen molar-refractivity contribution in [2.24, 2.45) is 0 Å². The number of rotatable bonds is 6. The highest BCUT2D eigenvalue weighted by atomic mass is 127. The molecule has 0 saturated carbocycles. The van der Waals surface area contributed by atoms with Crippen LogP contribution >= 0.6 is 22.6 Å². The zero-order valence-electron chi connectivity index (χ0n) is 18.0. The normalized spacial score (nSPS) is 12.4. The van der Waals surface area contributed by atoms with Gasteiger partial charge in [-0.05, 0) is 65.4 Å². The number of carbonyl (C=O) groups excluding carboxylic acids is 3. The van der Waals surface area contributed by atoms with Crippen LogP contribution in [0.2, 0.25) is 0 Å². The van der Waals surface area contributed by atoms with E-state index in [0.717, 1.165) is 5.56 Å². The molecule has 33 heavy (non-hydrogen) atoms. The smallest absolute Gasteiger partial charge is 0.262 e. The highest BCUT2D eigenvalue weighted by Gasteiger charge is 2.32. The van der Waals surface area contributed by atoms with Gasteiger partial charge in [0.2, 0.25) is 0 Å². The number of nitrogens with one attached hydrogen (secondary N) is 1. The van der Waals surface area contributed by atoms with Gasteiger partial charge in [-0.25, -0.2) is 0 Å². The van der Waals surface area contributed by atoms with Crippen LogP contribution in [0.15, 0.2) is 66.2 Å². The van der Waals surface area contributed by atoms with Crippen molar-refractivity contribution in [2.75, 3.05) is 19.0 Å². The SMILES string of the molecule is COc1cc(C=C2C(=O)c3ccccc3C2=O)cc(I)c1OCC(=O)Nc1ccc(C)cc1. The second kappa shape index (κ2) is 9.58. The van der Waals surface area contributed by atoms with E-state index < -0.39 is 0 Å². The molecule has 1 N–H and O–H groups in total. The van der Waals surface area contributed by atoms with Gasteiger partial charge in [0.1, 0.15) is 0 Å². The molecular weight excluding hydrogens is 533 g/mol. The molecule has 0 heterocycles. The van der Waals surface area contributed by atoms with Crippen LogP contribution < -0.4 is 14.8 Å². The number of methoxy groups -OCH3 is 1. The average Bonchev–Trinajstić information content (AvgIpc) is 3.04. The number of allylic oxidation sites excluding steroid dienone is 1. The topological polar surface area (TPSA) is 81.7 Å². The van der Waals surface area contributed by atoms with E-state index in [9.17, 15) is 14.4 Å². The van der Waals surface area contributed by atoms with Crippen LogP contribution in [0.25, 0.3) is 6.08 Å². The van der Waals surface area contributed by atoms with Gasteiger partial charge in [-0.2, -0.15) is 0 Å². The molecule has 0 fully saturated rings. The van der Waals surface area contributed by atoms with Gasteiger partial charge < -0.3 is 14.8 Å². The maximum absolute atomic E-state index is 12.7. The summed E-state index contributed by atoms with van der Waals surface area (Å²) in [4.78, 5) is 37.6. The third kappa shape index (κ3) is 4.83. The molecule has 3 aromatic rings. The number of anilines is 1. The Balaban J connectivity index is 1.52. The minimum absolute atomic E-state index is 0.111. The van der Waals surface area contributed by atoms with Gasteiger partial charge >= 0.3 is 0 Å². The van der Waals surface area contributed by atoms with Crippen molar-refractivity contribution in [3.05, 3.63) is 92.1 Å². The van der Waals surface area contributed by atoms with E-state index in [4.69, 9.17) is 9.47 Å². The molecule has 166 valence electrons. The van der Waals surface area contributed by atoms with Crippen LogP contribution in [-0.4, -0.2) is 31.2 Å².